The molecule has 406 valence electrons. The summed E-state index contributed by atoms with van der Waals surface area (Å²) in [5.41, 5.74) is 23.6. The molecule has 0 spiro atoms. The first-order valence-corrected chi connectivity index (χ1v) is 30.5. The summed E-state index contributed by atoms with van der Waals surface area (Å²) in [5.74, 6) is 0. The van der Waals surface area contributed by atoms with Gasteiger partial charge in [-0.1, -0.05) is 200 Å². The summed E-state index contributed by atoms with van der Waals surface area (Å²) in [6, 6.07) is 114. The number of hydrogen-bond donors (Lipinski definition) is 0. The Morgan fingerprint density at radius 2 is 0.443 bits per heavy atom. The third-order valence-electron chi connectivity index (χ3n) is 19.5. The zero-order valence-corrected chi connectivity index (χ0v) is 47.7. The van der Waals surface area contributed by atoms with Crippen LogP contribution in [0.1, 0.15) is 0 Å². The first-order chi connectivity index (χ1) is 43.7. The Balaban J connectivity index is 0.857. The fourth-order valence-electron chi connectivity index (χ4n) is 15.8. The molecule has 4 heterocycles. The average molecular weight is 1120 g/mol. The lowest BCUT2D eigenvalue weighted by molar-refractivity contribution is 1.16. The van der Waals surface area contributed by atoms with E-state index in [1.165, 1.54) is 147 Å². The van der Waals surface area contributed by atoms with Gasteiger partial charge in [-0.05, 0) is 174 Å². The Hall–Kier alpha value is -11.7. The molecule has 0 fully saturated rings. The van der Waals surface area contributed by atoms with Gasteiger partial charge in [0.05, 0.1) is 49.8 Å². The highest BCUT2D eigenvalue weighted by Gasteiger charge is 2.29. The number of para-hydroxylation sites is 6. The maximum Gasteiger partial charge on any atom is 0.0547 e. The lowest BCUT2D eigenvalue weighted by atomic mass is 9.78. The number of nitrogens with zero attached hydrogens (tertiary/aromatic N) is 4. The second-order valence-corrected chi connectivity index (χ2v) is 23.9. The van der Waals surface area contributed by atoms with Crippen LogP contribution < -0.4 is 0 Å². The third kappa shape index (κ3) is 6.47. The van der Waals surface area contributed by atoms with Crippen LogP contribution in [-0.2, 0) is 0 Å². The molecular formula is C84H50N4. The lowest BCUT2D eigenvalue weighted by Gasteiger charge is -2.27. The van der Waals surface area contributed by atoms with E-state index >= 15 is 0 Å². The predicted molar refractivity (Wildman–Crippen MR) is 372 cm³/mol. The smallest absolute Gasteiger partial charge is 0.0547 e. The molecule has 0 saturated heterocycles. The molecule has 15 aromatic carbocycles. The van der Waals surface area contributed by atoms with Crippen LogP contribution in [0.15, 0.2) is 303 Å². The van der Waals surface area contributed by atoms with E-state index in [0.29, 0.717) is 0 Å². The predicted octanol–water partition coefficient (Wildman–Crippen LogP) is 22.5. The van der Waals surface area contributed by atoms with E-state index in [2.05, 4.69) is 322 Å². The van der Waals surface area contributed by atoms with Gasteiger partial charge in [0.1, 0.15) is 0 Å². The van der Waals surface area contributed by atoms with Crippen LogP contribution >= 0.6 is 0 Å². The topological polar surface area (TPSA) is 19.7 Å². The van der Waals surface area contributed by atoms with Gasteiger partial charge >= 0.3 is 0 Å². The van der Waals surface area contributed by atoms with Crippen LogP contribution in [0.2, 0.25) is 0 Å². The number of fused-ring (bicyclic) bond motifs is 26. The Morgan fingerprint density at radius 1 is 0.148 bits per heavy atom. The maximum absolute atomic E-state index is 2.55. The third-order valence-corrected chi connectivity index (χ3v) is 19.5. The molecular weight excluding hydrogens is 1060 g/mol. The zero-order chi connectivity index (χ0) is 57.3. The number of rotatable bonds is 4. The van der Waals surface area contributed by atoms with Gasteiger partial charge in [0.25, 0.3) is 0 Å². The molecule has 0 bridgehead atoms. The maximum atomic E-state index is 2.55. The van der Waals surface area contributed by atoms with Crippen molar-refractivity contribution in [3.63, 3.8) is 0 Å². The summed E-state index contributed by atoms with van der Waals surface area (Å²) in [6.07, 6.45) is 0. The quantitative estimate of drug-likeness (QED) is 0.157. The summed E-state index contributed by atoms with van der Waals surface area (Å²) in [6.45, 7) is 0. The van der Waals surface area contributed by atoms with Crippen LogP contribution in [-0.4, -0.2) is 18.3 Å². The molecule has 4 heteroatoms. The molecule has 0 aliphatic heterocycles. The van der Waals surface area contributed by atoms with Crippen molar-refractivity contribution in [1.82, 2.24) is 18.3 Å². The molecule has 0 radical (unpaired) electrons. The summed E-state index contributed by atoms with van der Waals surface area (Å²) >= 11 is 0. The Morgan fingerprint density at radius 3 is 0.909 bits per heavy atom. The molecule has 1 aliphatic carbocycles. The van der Waals surface area contributed by atoms with Gasteiger partial charge in [-0.2, -0.15) is 0 Å². The van der Waals surface area contributed by atoms with E-state index in [1.807, 2.05) is 0 Å². The molecule has 88 heavy (non-hydrogen) atoms. The molecule has 0 saturated carbocycles. The minimum absolute atomic E-state index is 1.11. The molecule has 4 nitrogen and oxygen atoms in total. The molecule has 0 amide bonds. The van der Waals surface area contributed by atoms with E-state index < -0.39 is 0 Å². The van der Waals surface area contributed by atoms with Gasteiger partial charge in [-0.3, -0.25) is 0 Å². The van der Waals surface area contributed by atoms with Crippen LogP contribution in [0.3, 0.4) is 0 Å². The molecule has 19 aromatic rings. The van der Waals surface area contributed by atoms with Crippen molar-refractivity contribution in [2.24, 2.45) is 0 Å². The van der Waals surface area contributed by atoms with Gasteiger partial charge in [0.15, 0.2) is 0 Å². The number of aromatic nitrogens is 4. The SMILES string of the molecule is c1ccc2c(c1)-c1cc(-n3c4ccccc4c4cc(-n5c6ccccc6c6ccccc65)ccc43)ccc1-c1cc3c4ccccc4c4ccccc4c3cc1-c1c-2cccc1-n1c2ccccc2c2cc(-n3c4ccccc4c4ccccc43)ccc21. The van der Waals surface area contributed by atoms with Crippen molar-refractivity contribution in [3.8, 4) is 67.3 Å². The van der Waals surface area contributed by atoms with E-state index in [4.69, 9.17) is 0 Å². The number of hydrogen-bond acceptors (Lipinski definition) is 0. The lowest BCUT2D eigenvalue weighted by Crippen LogP contribution is -2.04. The molecule has 0 N–H and O–H groups in total. The summed E-state index contributed by atoms with van der Waals surface area (Å²) in [5, 5.41) is 17.4. The molecule has 20 rings (SSSR count). The van der Waals surface area contributed by atoms with Crippen molar-refractivity contribution in [1.29, 1.82) is 0 Å². The molecule has 0 atom stereocenters. The first-order valence-electron chi connectivity index (χ1n) is 30.5. The van der Waals surface area contributed by atoms with Gasteiger partial charge in [0.2, 0.25) is 0 Å². The molecule has 4 aromatic heterocycles. The van der Waals surface area contributed by atoms with Crippen molar-refractivity contribution in [2.75, 3.05) is 0 Å². The van der Waals surface area contributed by atoms with E-state index in [9.17, 15) is 0 Å². The monoisotopic (exact) mass is 1110 g/mol. The van der Waals surface area contributed by atoms with E-state index in [0.717, 1.165) is 39.3 Å². The van der Waals surface area contributed by atoms with Crippen LogP contribution in [0.25, 0.3) is 187 Å². The van der Waals surface area contributed by atoms with Crippen molar-refractivity contribution in [3.05, 3.63) is 303 Å². The molecule has 1 aliphatic rings. The Kier molecular flexibility index (Phi) is 9.69. The van der Waals surface area contributed by atoms with Crippen LogP contribution in [0.4, 0.5) is 0 Å². The summed E-state index contributed by atoms with van der Waals surface area (Å²) < 4.78 is 9.91. The van der Waals surface area contributed by atoms with E-state index in [-0.39, 0.29) is 0 Å². The zero-order valence-electron chi connectivity index (χ0n) is 47.7. The van der Waals surface area contributed by atoms with Crippen molar-refractivity contribution >= 4 is 120 Å². The fourth-order valence-corrected chi connectivity index (χ4v) is 15.8. The summed E-state index contributed by atoms with van der Waals surface area (Å²) in [7, 11) is 0. The molecule has 0 unspecified atom stereocenters. The second-order valence-electron chi connectivity index (χ2n) is 23.9. The largest absolute Gasteiger partial charge is 0.309 e. The second kappa shape index (κ2) is 17.9. The first kappa shape index (κ1) is 47.6. The van der Waals surface area contributed by atoms with Crippen molar-refractivity contribution in [2.45, 2.75) is 0 Å². The van der Waals surface area contributed by atoms with Crippen LogP contribution in [0.5, 0.6) is 0 Å². The van der Waals surface area contributed by atoms with E-state index in [1.54, 1.807) is 0 Å². The summed E-state index contributed by atoms with van der Waals surface area (Å²) in [4.78, 5) is 0. The van der Waals surface area contributed by atoms with Crippen molar-refractivity contribution < 1.29 is 0 Å². The highest BCUT2D eigenvalue weighted by Crippen LogP contribution is 2.54. The van der Waals surface area contributed by atoms with Gasteiger partial charge in [-0.25, -0.2) is 0 Å². The minimum atomic E-state index is 1.11. The highest BCUT2D eigenvalue weighted by atomic mass is 15.0. The number of benzene rings is 15. The normalized spacial score (nSPS) is 12.3. The van der Waals surface area contributed by atoms with Gasteiger partial charge < -0.3 is 18.3 Å². The fraction of sp³-hybridized carbons (Fsp3) is 0. The van der Waals surface area contributed by atoms with Crippen LogP contribution in [0, 0.1) is 0 Å². The average Bonchev–Trinajstić information content (AvgIpc) is 1.11. The highest BCUT2D eigenvalue weighted by molar-refractivity contribution is 6.28. The standard InChI is InChI=1S/C84H50N4/c1-4-23-57-54(20-1)55-21-2-5-24-58(55)70-50-74-71(49-69(57)70)60-43-40-51(87-79-37-17-11-30-65(79)72-47-52(41-44-81(72)87)85-75-33-13-7-26-61(75)62-27-8-14-34-76(62)85)46-68(60)59-25-6-3-22-56(59)67-32-19-39-83(84(67)74)88-80-38-18-12-31-66(80)73-48-53(42-45-82(73)88)86-77-35-15-9-28-63(77)64-29-10-16-36-78(64)86/h1-50H. The van der Waals surface area contributed by atoms with Gasteiger partial charge in [-0.15, -0.1) is 0 Å². The van der Waals surface area contributed by atoms with Gasteiger partial charge in [0, 0.05) is 65.7 Å². The minimum Gasteiger partial charge on any atom is -0.309 e. The Labute approximate surface area is 505 Å². The Bertz CT molecular complexity index is 6130.